The van der Waals surface area contributed by atoms with Crippen molar-refractivity contribution in [2.24, 2.45) is 5.41 Å². The van der Waals surface area contributed by atoms with Crippen molar-refractivity contribution < 1.29 is 23.9 Å². The maximum absolute atomic E-state index is 12.6. The predicted molar refractivity (Wildman–Crippen MR) is 111 cm³/mol. The van der Waals surface area contributed by atoms with Gasteiger partial charge in [0.25, 0.3) is 0 Å². The average molecular weight is 398 g/mol. The van der Waals surface area contributed by atoms with Gasteiger partial charge in [0, 0.05) is 11.4 Å². The average Bonchev–Trinajstić information content (AvgIpc) is 2.68. The molecule has 0 radical (unpaired) electrons. The highest BCUT2D eigenvalue weighted by Crippen LogP contribution is 2.23. The molecule has 0 heterocycles. The second-order valence-corrected chi connectivity index (χ2v) is 7.29. The lowest BCUT2D eigenvalue weighted by Gasteiger charge is -2.23. The maximum atomic E-state index is 12.6. The molecule has 2 aromatic rings. The number of hydrogen-bond donors (Lipinski definition) is 2. The Bertz CT molecular complexity index is 871. The molecule has 0 fully saturated rings. The van der Waals surface area contributed by atoms with E-state index in [1.54, 1.807) is 36.4 Å². The number of amides is 2. The Kier molecular flexibility index (Phi) is 6.98. The highest BCUT2D eigenvalue weighted by molar-refractivity contribution is 6.14. The van der Waals surface area contributed by atoms with Crippen LogP contribution in [-0.4, -0.2) is 31.0 Å². The first-order valence-electron chi connectivity index (χ1n) is 9.21. The number of carbonyl (C=O) groups is 3. The summed E-state index contributed by atoms with van der Waals surface area (Å²) < 4.78 is 10.2. The summed E-state index contributed by atoms with van der Waals surface area (Å²) in [6, 6.07) is 13.2. The zero-order valence-electron chi connectivity index (χ0n) is 17.2. The van der Waals surface area contributed by atoms with Gasteiger partial charge in [-0.05, 0) is 76.2 Å². The summed E-state index contributed by atoms with van der Waals surface area (Å²) in [6.07, 6.45) is 0.0553. The van der Waals surface area contributed by atoms with Gasteiger partial charge in [0.05, 0.1) is 18.8 Å². The third-order valence-electron chi connectivity index (χ3n) is 4.18. The van der Waals surface area contributed by atoms with Crippen molar-refractivity contribution in [2.45, 2.75) is 33.8 Å². The highest BCUT2D eigenvalue weighted by Gasteiger charge is 2.36. The van der Waals surface area contributed by atoms with Crippen molar-refractivity contribution in [3.63, 3.8) is 0 Å². The van der Waals surface area contributed by atoms with E-state index in [0.29, 0.717) is 22.7 Å². The molecule has 7 heteroatoms. The molecule has 0 saturated carbocycles. The van der Waals surface area contributed by atoms with Gasteiger partial charge >= 0.3 is 5.97 Å². The molecule has 7 nitrogen and oxygen atoms in total. The van der Waals surface area contributed by atoms with Crippen LogP contribution in [0.2, 0.25) is 0 Å². The number of hydrogen-bond acceptors (Lipinski definition) is 5. The van der Waals surface area contributed by atoms with Crippen LogP contribution in [0.1, 0.15) is 38.1 Å². The van der Waals surface area contributed by atoms with E-state index in [4.69, 9.17) is 4.74 Å². The minimum absolute atomic E-state index is 0.0553. The number of esters is 1. The Labute approximate surface area is 170 Å². The fourth-order valence-corrected chi connectivity index (χ4v) is 2.37. The van der Waals surface area contributed by atoms with E-state index >= 15 is 0 Å². The summed E-state index contributed by atoms with van der Waals surface area (Å²) >= 11 is 0. The fraction of sp³-hybridized carbons (Fsp3) is 0.318. The summed E-state index contributed by atoms with van der Waals surface area (Å²) in [4.78, 5) is 36.8. The zero-order chi connectivity index (χ0) is 21.6. The molecule has 2 amide bonds. The van der Waals surface area contributed by atoms with Crippen molar-refractivity contribution in [3.8, 4) is 5.75 Å². The van der Waals surface area contributed by atoms with Crippen LogP contribution in [0, 0.1) is 5.41 Å². The van der Waals surface area contributed by atoms with Crippen LogP contribution in [0.15, 0.2) is 48.5 Å². The van der Waals surface area contributed by atoms with E-state index in [-0.39, 0.29) is 6.10 Å². The third kappa shape index (κ3) is 5.81. The lowest BCUT2D eigenvalue weighted by atomic mass is 9.90. The smallest absolute Gasteiger partial charge is 0.337 e. The molecule has 2 aromatic carbocycles. The number of anilines is 2. The number of methoxy groups -OCH3 is 1. The van der Waals surface area contributed by atoms with Crippen LogP contribution in [-0.2, 0) is 14.3 Å². The largest absolute Gasteiger partial charge is 0.491 e. The van der Waals surface area contributed by atoms with Gasteiger partial charge in [-0.1, -0.05) is 0 Å². The minimum atomic E-state index is -1.33. The Morgan fingerprint density at radius 1 is 0.828 bits per heavy atom. The van der Waals surface area contributed by atoms with Crippen molar-refractivity contribution in [1.82, 2.24) is 0 Å². The molecule has 0 aliphatic carbocycles. The summed E-state index contributed by atoms with van der Waals surface area (Å²) in [7, 11) is 1.30. The number of carbonyl (C=O) groups excluding carboxylic acids is 3. The Morgan fingerprint density at radius 3 is 1.69 bits per heavy atom. The number of rotatable bonds is 7. The molecule has 29 heavy (non-hydrogen) atoms. The molecule has 0 bridgehead atoms. The first-order chi connectivity index (χ1) is 13.6. The molecular weight excluding hydrogens is 372 g/mol. The second-order valence-electron chi connectivity index (χ2n) is 7.29. The molecule has 2 rings (SSSR count). The van der Waals surface area contributed by atoms with Crippen LogP contribution in [0.25, 0.3) is 0 Å². The molecule has 0 aliphatic heterocycles. The summed E-state index contributed by atoms with van der Waals surface area (Å²) in [5.41, 5.74) is 0.0780. The quantitative estimate of drug-likeness (QED) is 0.546. The molecule has 0 aliphatic rings. The summed E-state index contributed by atoms with van der Waals surface area (Å²) in [5, 5.41) is 5.44. The molecule has 0 aromatic heterocycles. The minimum Gasteiger partial charge on any atom is -0.491 e. The van der Waals surface area contributed by atoms with Crippen LogP contribution in [0.4, 0.5) is 11.4 Å². The summed E-state index contributed by atoms with van der Waals surface area (Å²) in [6.45, 7) is 6.94. The van der Waals surface area contributed by atoms with Gasteiger partial charge in [0.1, 0.15) is 11.2 Å². The molecule has 0 unspecified atom stereocenters. The van der Waals surface area contributed by atoms with Crippen LogP contribution in [0.5, 0.6) is 5.75 Å². The first kappa shape index (κ1) is 21.9. The normalized spacial score (nSPS) is 11.0. The van der Waals surface area contributed by atoms with Crippen molar-refractivity contribution in [2.75, 3.05) is 17.7 Å². The monoisotopic (exact) mass is 398 g/mol. The molecule has 0 spiro atoms. The van der Waals surface area contributed by atoms with E-state index in [1.807, 2.05) is 13.8 Å². The van der Waals surface area contributed by atoms with Gasteiger partial charge < -0.3 is 20.1 Å². The molecule has 0 atom stereocenters. The van der Waals surface area contributed by atoms with Crippen LogP contribution < -0.4 is 15.4 Å². The Morgan fingerprint density at radius 2 is 1.28 bits per heavy atom. The van der Waals surface area contributed by atoms with E-state index in [2.05, 4.69) is 15.4 Å². The van der Waals surface area contributed by atoms with E-state index < -0.39 is 23.2 Å². The number of nitrogens with one attached hydrogen (secondary N) is 2. The van der Waals surface area contributed by atoms with E-state index in [0.717, 1.165) is 0 Å². The second kappa shape index (κ2) is 9.23. The van der Waals surface area contributed by atoms with Crippen molar-refractivity contribution in [3.05, 3.63) is 54.1 Å². The molecule has 0 saturated heterocycles. The fourth-order valence-electron chi connectivity index (χ4n) is 2.37. The summed E-state index contributed by atoms with van der Waals surface area (Å²) in [5.74, 6) is -0.683. The zero-order valence-corrected chi connectivity index (χ0v) is 17.2. The Hall–Kier alpha value is -3.35. The highest BCUT2D eigenvalue weighted by atomic mass is 16.5. The van der Waals surface area contributed by atoms with Gasteiger partial charge in [-0.25, -0.2) is 4.79 Å². The maximum Gasteiger partial charge on any atom is 0.337 e. The van der Waals surface area contributed by atoms with Gasteiger partial charge in [0.2, 0.25) is 11.8 Å². The standard InChI is InChI=1S/C22H26N2O5/c1-14(2)29-18-12-10-17(11-13-18)24-21(27)22(3,4)20(26)23-16-8-6-15(7-9-16)19(25)28-5/h6-14H,1-5H3,(H,23,26)(H,24,27). The molecule has 2 N–H and O–H groups in total. The van der Waals surface area contributed by atoms with Gasteiger partial charge in [-0.3, -0.25) is 9.59 Å². The predicted octanol–water partition coefficient (Wildman–Crippen LogP) is 3.86. The molecular formula is C22H26N2O5. The van der Waals surface area contributed by atoms with Crippen molar-refractivity contribution in [1.29, 1.82) is 0 Å². The SMILES string of the molecule is COC(=O)c1ccc(NC(=O)C(C)(C)C(=O)Nc2ccc(OC(C)C)cc2)cc1. The van der Waals surface area contributed by atoms with E-state index in [9.17, 15) is 14.4 Å². The lowest BCUT2D eigenvalue weighted by molar-refractivity contribution is -0.135. The van der Waals surface area contributed by atoms with Gasteiger partial charge in [0.15, 0.2) is 0 Å². The lowest BCUT2D eigenvalue weighted by Crippen LogP contribution is -2.41. The van der Waals surface area contributed by atoms with Gasteiger partial charge in [-0.2, -0.15) is 0 Å². The molecule has 154 valence electrons. The van der Waals surface area contributed by atoms with Gasteiger partial charge in [-0.15, -0.1) is 0 Å². The number of ether oxygens (including phenoxy) is 2. The first-order valence-corrected chi connectivity index (χ1v) is 9.21. The van der Waals surface area contributed by atoms with Crippen LogP contribution in [0.3, 0.4) is 0 Å². The van der Waals surface area contributed by atoms with Crippen LogP contribution >= 0.6 is 0 Å². The van der Waals surface area contributed by atoms with E-state index in [1.165, 1.54) is 33.1 Å². The Balaban J connectivity index is 2.01. The van der Waals surface area contributed by atoms with Crippen molar-refractivity contribution >= 4 is 29.2 Å². The number of benzene rings is 2. The topological polar surface area (TPSA) is 93.7 Å². The third-order valence-corrected chi connectivity index (χ3v) is 4.18.